The lowest BCUT2D eigenvalue weighted by Gasteiger charge is -2.01. The fraction of sp³-hybridized carbons (Fsp3) is 0.846. The van der Waals surface area contributed by atoms with Gasteiger partial charge in [0.1, 0.15) is 12.6 Å². The summed E-state index contributed by atoms with van der Waals surface area (Å²) in [6, 6.07) is 0. The van der Waals surface area contributed by atoms with Crippen molar-refractivity contribution in [2.75, 3.05) is 7.11 Å². The van der Waals surface area contributed by atoms with Crippen molar-refractivity contribution in [1.29, 1.82) is 0 Å². The first kappa shape index (κ1) is 21.7. The van der Waals surface area contributed by atoms with E-state index in [1.54, 1.807) is 0 Å². The molecule has 20 heavy (non-hydrogen) atoms. The Balaban J connectivity index is 0. The Bertz CT molecular complexity index is 201. The van der Waals surface area contributed by atoms with Crippen molar-refractivity contribution in [2.24, 2.45) is 0 Å². The molecular formula is C13H28O6Si. The second-order valence-electron chi connectivity index (χ2n) is 4.52. The molecule has 0 saturated carbocycles. The number of hydrogen-bond acceptors (Lipinski definition) is 6. The van der Waals surface area contributed by atoms with Gasteiger partial charge in [0.15, 0.2) is 0 Å². The van der Waals surface area contributed by atoms with Crippen molar-refractivity contribution in [2.45, 2.75) is 64.2 Å². The van der Waals surface area contributed by atoms with Gasteiger partial charge >= 0.3 is 9.05 Å². The van der Waals surface area contributed by atoms with Gasteiger partial charge in [-0.05, 0) is 12.8 Å². The number of carbonyl (C=O) groups excluding carboxylic acids is 2. The van der Waals surface area contributed by atoms with E-state index in [2.05, 4.69) is 4.43 Å². The lowest BCUT2D eigenvalue weighted by molar-refractivity contribution is -0.108. The molecule has 3 N–H and O–H groups in total. The molecule has 0 spiro atoms. The summed E-state index contributed by atoms with van der Waals surface area (Å²) < 4.78 is 3.74. The largest absolute Gasteiger partial charge is 0.671 e. The molecule has 120 valence electrons. The summed E-state index contributed by atoms with van der Waals surface area (Å²) in [5.41, 5.74) is 0. The van der Waals surface area contributed by atoms with Gasteiger partial charge in [-0.15, -0.1) is 0 Å². The van der Waals surface area contributed by atoms with Gasteiger partial charge in [0.05, 0.1) is 0 Å². The lowest BCUT2D eigenvalue weighted by atomic mass is 10.1. The van der Waals surface area contributed by atoms with Gasteiger partial charge in [-0.3, -0.25) is 0 Å². The zero-order valence-corrected chi connectivity index (χ0v) is 13.3. The van der Waals surface area contributed by atoms with E-state index in [9.17, 15) is 9.59 Å². The number of rotatable bonds is 12. The molecule has 0 unspecified atom stereocenters. The smallest absolute Gasteiger partial charge is 0.368 e. The van der Waals surface area contributed by atoms with Crippen LogP contribution >= 0.6 is 0 Å². The highest BCUT2D eigenvalue weighted by Gasteiger charge is 2.27. The van der Waals surface area contributed by atoms with E-state index in [-0.39, 0.29) is 0 Å². The summed E-state index contributed by atoms with van der Waals surface area (Å²) in [6.45, 7) is 0. The van der Waals surface area contributed by atoms with Crippen LogP contribution in [0, 0.1) is 0 Å². The summed E-state index contributed by atoms with van der Waals surface area (Å²) in [5, 5.41) is 0. The minimum absolute atomic E-state index is 0.722. The summed E-state index contributed by atoms with van der Waals surface area (Å²) >= 11 is 0. The molecule has 6 nitrogen and oxygen atoms in total. The Labute approximate surface area is 122 Å². The molecule has 7 heteroatoms. The van der Waals surface area contributed by atoms with Crippen LogP contribution in [0.2, 0.25) is 0 Å². The van der Waals surface area contributed by atoms with Crippen LogP contribution in [0.15, 0.2) is 0 Å². The predicted molar refractivity (Wildman–Crippen MR) is 77.7 cm³/mol. The van der Waals surface area contributed by atoms with Crippen LogP contribution in [-0.2, 0) is 14.0 Å². The second-order valence-corrected chi connectivity index (χ2v) is 6.07. The van der Waals surface area contributed by atoms with E-state index >= 15 is 0 Å². The van der Waals surface area contributed by atoms with Crippen molar-refractivity contribution in [1.82, 2.24) is 0 Å². The molecule has 0 fully saturated rings. The minimum Gasteiger partial charge on any atom is -0.368 e. The van der Waals surface area contributed by atoms with Crippen LogP contribution in [0.3, 0.4) is 0 Å². The van der Waals surface area contributed by atoms with Gasteiger partial charge in [-0.1, -0.05) is 38.5 Å². The minimum atomic E-state index is -4.13. The second kappa shape index (κ2) is 16.5. The van der Waals surface area contributed by atoms with Crippen LogP contribution in [0.4, 0.5) is 0 Å². The molecule has 0 saturated heterocycles. The highest BCUT2D eigenvalue weighted by molar-refractivity contribution is 6.48. The van der Waals surface area contributed by atoms with Gasteiger partial charge in [0.25, 0.3) is 0 Å². The highest BCUT2D eigenvalue weighted by atomic mass is 28.4. The fourth-order valence-corrected chi connectivity index (χ4v) is 1.52. The highest BCUT2D eigenvalue weighted by Crippen LogP contribution is 2.09. The average molecular weight is 308 g/mol. The fourth-order valence-electron chi connectivity index (χ4n) is 1.52. The Hall–Kier alpha value is -0.603. The molecule has 0 aromatic carbocycles. The first-order chi connectivity index (χ1) is 9.47. The molecule has 0 atom stereocenters. The normalized spacial score (nSPS) is 10.6. The summed E-state index contributed by atoms with van der Waals surface area (Å²) in [5.74, 6) is 0. The van der Waals surface area contributed by atoms with Crippen LogP contribution in [0.25, 0.3) is 0 Å². The molecule has 0 amide bonds. The molecule has 0 heterocycles. The zero-order valence-electron chi connectivity index (χ0n) is 12.3. The van der Waals surface area contributed by atoms with Crippen LogP contribution in [-0.4, -0.2) is 43.1 Å². The monoisotopic (exact) mass is 308 g/mol. The Kier molecular flexibility index (Phi) is 17.8. The first-order valence-electron chi connectivity index (χ1n) is 7.07. The molecule has 0 rings (SSSR count). The van der Waals surface area contributed by atoms with Crippen LogP contribution in [0.5, 0.6) is 0 Å². The van der Waals surface area contributed by atoms with E-state index in [0.29, 0.717) is 0 Å². The zero-order chi connectivity index (χ0) is 15.7. The Morgan fingerprint density at radius 2 is 1.00 bits per heavy atom. The lowest BCUT2D eigenvalue weighted by Crippen LogP contribution is -2.37. The van der Waals surface area contributed by atoms with Crippen molar-refractivity contribution < 1.29 is 28.4 Å². The molecule has 0 radical (unpaired) electrons. The van der Waals surface area contributed by atoms with Crippen molar-refractivity contribution in [3.05, 3.63) is 0 Å². The molecule has 0 aromatic heterocycles. The van der Waals surface area contributed by atoms with Crippen molar-refractivity contribution in [3.63, 3.8) is 0 Å². The van der Waals surface area contributed by atoms with E-state index in [0.717, 1.165) is 45.4 Å². The maximum absolute atomic E-state index is 10.0. The molecular weight excluding hydrogens is 280 g/mol. The topological polar surface area (TPSA) is 104 Å². The molecule has 0 aliphatic rings. The number of carbonyl (C=O) groups is 2. The van der Waals surface area contributed by atoms with Gasteiger partial charge in [-0.2, -0.15) is 0 Å². The molecule has 0 aliphatic heterocycles. The third kappa shape index (κ3) is 26.1. The number of unbranched alkanes of at least 4 members (excludes halogenated alkanes) is 9. The standard InChI is InChI=1S/C12H22O2.CH6O4Si/c13-11-9-7-5-3-1-2-4-6-8-10-12-14;1-5-6(2,3)4/h11-12H,1-10H2;2-4H,1H3. The van der Waals surface area contributed by atoms with Crippen molar-refractivity contribution in [3.8, 4) is 0 Å². The molecule has 0 aromatic rings. The van der Waals surface area contributed by atoms with Gasteiger partial charge < -0.3 is 28.4 Å². The molecule has 0 aliphatic carbocycles. The van der Waals surface area contributed by atoms with Gasteiger partial charge in [0, 0.05) is 20.0 Å². The third-order valence-corrected chi connectivity index (χ3v) is 3.22. The molecule has 0 bridgehead atoms. The van der Waals surface area contributed by atoms with Crippen LogP contribution < -0.4 is 0 Å². The SMILES string of the molecule is CO[Si](O)(O)O.O=CCCCCCCCCCCC=O. The first-order valence-corrected chi connectivity index (χ1v) is 8.82. The van der Waals surface area contributed by atoms with Crippen LogP contribution in [0.1, 0.15) is 64.2 Å². The van der Waals surface area contributed by atoms with Gasteiger partial charge in [-0.25, -0.2) is 0 Å². The number of aldehydes is 2. The van der Waals surface area contributed by atoms with E-state index < -0.39 is 9.05 Å². The van der Waals surface area contributed by atoms with E-state index in [1.165, 1.54) is 38.5 Å². The maximum atomic E-state index is 10.0. The third-order valence-electron chi connectivity index (χ3n) is 2.67. The quantitative estimate of drug-likeness (QED) is 0.285. The Morgan fingerprint density at radius 3 is 1.20 bits per heavy atom. The van der Waals surface area contributed by atoms with Crippen molar-refractivity contribution >= 4 is 21.6 Å². The maximum Gasteiger partial charge on any atom is 0.671 e. The average Bonchev–Trinajstić information content (AvgIpc) is 2.41. The van der Waals surface area contributed by atoms with E-state index in [4.69, 9.17) is 14.4 Å². The van der Waals surface area contributed by atoms with Gasteiger partial charge in [0.2, 0.25) is 0 Å². The summed E-state index contributed by atoms with van der Waals surface area (Å²) in [4.78, 5) is 43.6. The summed E-state index contributed by atoms with van der Waals surface area (Å²) in [6.07, 6.45) is 13.0. The number of hydrogen-bond donors (Lipinski definition) is 3. The van der Waals surface area contributed by atoms with E-state index in [1.807, 2.05) is 0 Å². The summed E-state index contributed by atoms with van der Waals surface area (Å²) in [7, 11) is -3.11. The Morgan fingerprint density at radius 1 is 0.750 bits per heavy atom. The predicted octanol–water partition coefficient (Wildman–Crippen LogP) is 1.33.